The van der Waals surface area contributed by atoms with Gasteiger partial charge in [0, 0.05) is 31.3 Å². The first kappa shape index (κ1) is 20.9. The van der Waals surface area contributed by atoms with Crippen LogP contribution in [-0.4, -0.2) is 38.9 Å². The standard InChI is InChI=1S/C17H26F3N3O2/c1-4-21-16(22-11-7-6-10-17(18,19)20)23-13-8-9-14(24-3)15(12-13)25-5-2/h8-9,12H,4-7,10-11H2,1-3H3,(H2,21,22,23). The van der Waals surface area contributed by atoms with Crippen molar-refractivity contribution in [3.63, 3.8) is 0 Å². The van der Waals surface area contributed by atoms with Crippen molar-refractivity contribution in [1.29, 1.82) is 0 Å². The Morgan fingerprint density at radius 3 is 2.52 bits per heavy atom. The summed E-state index contributed by atoms with van der Waals surface area (Å²) in [7, 11) is 1.57. The normalized spacial score (nSPS) is 12.0. The average molecular weight is 361 g/mol. The van der Waals surface area contributed by atoms with Gasteiger partial charge in [0.2, 0.25) is 0 Å². The first-order valence-electron chi connectivity index (χ1n) is 8.32. The molecule has 0 amide bonds. The number of hydrogen-bond donors (Lipinski definition) is 2. The third-order valence-corrected chi connectivity index (χ3v) is 3.21. The number of ether oxygens (including phenoxy) is 2. The van der Waals surface area contributed by atoms with E-state index < -0.39 is 12.6 Å². The lowest BCUT2D eigenvalue weighted by atomic mass is 10.2. The molecule has 0 saturated heterocycles. The van der Waals surface area contributed by atoms with E-state index in [4.69, 9.17) is 9.47 Å². The number of benzene rings is 1. The maximum atomic E-state index is 12.1. The Bertz CT molecular complexity index is 548. The van der Waals surface area contributed by atoms with Crippen LogP contribution in [0.5, 0.6) is 11.5 Å². The number of hydrogen-bond acceptors (Lipinski definition) is 3. The van der Waals surface area contributed by atoms with E-state index in [2.05, 4.69) is 15.6 Å². The van der Waals surface area contributed by atoms with Crippen molar-refractivity contribution >= 4 is 11.6 Å². The first-order chi connectivity index (χ1) is 11.9. The Morgan fingerprint density at radius 1 is 1.16 bits per heavy atom. The van der Waals surface area contributed by atoms with Crippen LogP contribution in [0.2, 0.25) is 0 Å². The monoisotopic (exact) mass is 361 g/mol. The molecule has 1 rings (SSSR count). The van der Waals surface area contributed by atoms with Crippen LogP contribution >= 0.6 is 0 Å². The quantitative estimate of drug-likeness (QED) is 0.393. The van der Waals surface area contributed by atoms with Crippen molar-refractivity contribution < 1.29 is 22.6 Å². The molecule has 1 aromatic carbocycles. The van der Waals surface area contributed by atoms with Crippen LogP contribution in [0, 0.1) is 0 Å². The Kier molecular flexibility index (Phi) is 8.94. The van der Waals surface area contributed by atoms with E-state index in [9.17, 15) is 13.2 Å². The predicted octanol–water partition coefficient (Wildman–Crippen LogP) is 4.20. The van der Waals surface area contributed by atoms with Crippen LogP contribution < -0.4 is 20.1 Å². The van der Waals surface area contributed by atoms with Gasteiger partial charge in [-0.2, -0.15) is 13.2 Å². The molecular weight excluding hydrogens is 335 g/mol. The molecule has 2 N–H and O–H groups in total. The number of rotatable bonds is 9. The van der Waals surface area contributed by atoms with Gasteiger partial charge >= 0.3 is 6.18 Å². The molecule has 0 heterocycles. The third kappa shape index (κ3) is 8.51. The van der Waals surface area contributed by atoms with Crippen molar-refractivity contribution in [3.05, 3.63) is 18.2 Å². The maximum Gasteiger partial charge on any atom is 0.389 e. The minimum absolute atomic E-state index is 0.0728. The second-order valence-electron chi connectivity index (χ2n) is 5.26. The zero-order valence-corrected chi connectivity index (χ0v) is 14.9. The highest BCUT2D eigenvalue weighted by molar-refractivity contribution is 5.93. The molecule has 0 aromatic heterocycles. The van der Waals surface area contributed by atoms with Gasteiger partial charge in [-0.1, -0.05) is 0 Å². The lowest BCUT2D eigenvalue weighted by Gasteiger charge is -2.14. The van der Waals surface area contributed by atoms with Crippen LogP contribution in [0.3, 0.4) is 0 Å². The van der Waals surface area contributed by atoms with Gasteiger partial charge in [0.25, 0.3) is 0 Å². The van der Waals surface area contributed by atoms with Gasteiger partial charge in [-0.15, -0.1) is 0 Å². The summed E-state index contributed by atoms with van der Waals surface area (Å²) in [4.78, 5) is 4.30. The number of nitrogens with one attached hydrogen (secondary N) is 2. The molecule has 5 nitrogen and oxygen atoms in total. The van der Waals surface area contributed by atoms with E-state index in [1.54, 1.807) is 19.2 Å². The summed E-state index contributed by atoms with van der Waals surface area (Å²) >= 11 is 0. The molecule has 0 bridgehead atoms. The second-order valence-corrected chi connectivity index (χ2v) is 5.26. The highest BCUT2D eigenvalue weighted by Crippen LogP contribution is 2.30. The minimum Gasteiger partial charge on any atom is -0.493 e. The lowest BCUT2D eigenvalue weighted by molar-refractivity contribution is -0.135. The zero-order chi connectivity index (χ0) is 18.7. The van der Waals surface area contributed by atoms with Crippen molar-refractivity contribution in [1.82, 2.24) is 5.32 Å². The van der Waals surface area contributed by atoms with Gasteiger partial charge in [-0.25, -0.2) is 0 Å². The Hall–Kier alpha value is -2.12. The highest BCUT2D eigenvalue weighted by Gasteiger charge is 2.25. The van der Waals surface area contributed by atoms with Gasteiger partial charge in [0.1, 0.15) is 0 Å². The molecule has 0 spiro atoms. The van der Waals surface area contributed by atoms with Gasteiger partial charge in [-0.05, 0) is 38.8 Å². The summed E-state index contributed by atoms with van der Waals surface area (Å²) in [5, 5.41) is 6.18. The Morgan fingerprint density at radius 2 is 1.92 bits per heavy atom. The molecule has 0 aliphatic heterocycles. The molecule has 142 valence electrons. The number of nitrogens with zero attached hydrogens (tertiary/aromatic N) is 1. The lowest BCUT2D eigenvalue weighted by Crippen LogP contribution is -2.30. The van der Waals surface area contributed by atoms with Crippen molar-refractivity contribution in [2.24, 2.45) is 4.99 Å². The molecule has 0 aliphatic carbocycles. The second kappa shape index (κ2) is 10.7. The van der Waals surface area contributed by atoms with Gasteiger partial charge in [-0.3, -0.25) is 4.99 Å². The summed E-state index contributed by atoms with van der Waals surface area (Å²) in [6, 6.07) is 5.39. The number of aliphatic imine (C=N–C) groups is 1. The summed E-state index contributed by atoms with van der Waals surface area (Å²) in [5.41, 5.74) is 0.749. The minimum atomic E-state index is -4.11. The summed E-state index contributed by atoms with van der Waals surface area (Å²) < 4.78 is 47.1. The van der Waals surface area contributed by atoms with Crippen LogP contribution in [0.25, 0.3) is 0 Å². The number of methoxy groups -OCH3 is 1. The summed E-state index contributed by atoms with van der Waals surface area (Å²) in [5.74, 6) is 1.75. The van der Waals surface area contributed by atoms with E-state index in [-0.39, 0.29) is 6.42 Å². The predicted molar refractivity (Wildman–Crippen MR) is 93.7 cm³/mol. The van der Waals surface area contributed by atoms with Crippen LogP contribution in [0.4, 0.5) is 18.9 Å². The van der Waals surface area contributed by atoms with Crippen molar-refractivity contribution in [2.45, 2.75) is 39.3 Å². The Labute approximate surface area is 146 Å². The van der Waals surface area contributed by atoms with E-state index in [0.717, 1.165) is 5.69 Å². The molecular formula is C17H26F3N3O2. The van der Waals surface area contributed by atoms with E-state index in [1.165, 1.54) is 0 Å². The van der Waals surface area contributed by atoms with Gasteiger partial charge in [0.15, 0.2) is 17.5 Å². The average Bonchev–Trinajstić information content (AvgIpc) is 2.54. The van der Waals surface area contributed by atoms with Gasteiger partial charge in [0.05, 0.1) is 13.7 Å². The molecule has 0 atom stereocenters. The fourth-order valence-corrected chi connectivity index (χ4v) is 2.09. The Balaban J connectivity index is 2.67. The molecule has 0 saturated carbocycles. The smallest absolute Gasteiger partial charge is 0.389 e. The van der Waals surface area contributed by atoms with E-state index >= 15 is 0 Å². The number of anilines is 1. The first-order valence-corrected chi connectivity index (χ1v) is 8.32. The van der Waals surface area contributed by atoms with Crippen LogP contribution in [0.15, 0.2) is 23.2 Å². The largest absolute Gasteiger partial charge is 0.493 e. The highest BCUT2D eigenvalue weighted by atomic mass is 19.4. The van der Waals surface area contributed by atoms with E-state index in [1.807, 2.05) is 19.9 Å². The summed E-state index contributed by atoms with van der Waals surface area (Å²) in [6.45, 7) is 5.27. The fourth-order valence-electron chi connectivity index (χ4n) is 2.09. The van der Waals surface area contributed by atoms with Crippen LogP contribution in [0.1, 0.15) is 33.1 Å². The number of halogens is 3. The molecule has 0 aliphatic rings. The van der Waals surface area contributed by atoms with Crippen molar-refractivity contribution in [2.75, 3.05) is 32.1 Å². The molecule has 0 unspecified atom stereocenters. The SMILES string of the molecule is CCNC(=NCCCCC(F)(F)F)Nc1ccc(OC)c(OCC)c1. The molecule has 8 heteroatoms. The topological polar surface area (TPSA) is 54.9 Å². The molecule has 0 radical (unpaired) electrons. The zero-order valence-electron chi connectivity index (χ0n) is 14.9. The number of guanidine groups is 1. The maximum absolute atomic E-state index is 12.1. The van der Waals surface area contributed by atoms with Crippen molar-refractivity contribution in [3.8, 4) is 11.5 Å². The molecule has 1 aromatic rings. The number of alkyl halides is 3. The molecule has 25 heavy (non-hydrogen) atoms. The van der Waals surface area contributed by atoms with E-state index in [0.29, 0.717) is 43.6 Å². The fraction of sp³-hybridized carbons (Fsp3) is 0.588. The number of unbranched alkanes of at least 4 members (excludes halogenated alkanes) is 1. The molecule has 0 fully saturated rings. The van der Waals surface area contributed by atoms with Gasteiger partial charge < -0.3 is 20.1 Å². The summed E-state index contributed by atoms with van der Waals surface area (Å²) in [6.07, 6.45) is -4.43. The third-order valence-electron chi connectivity index (χ3n) is 3.21. The van der Waals surface area contributed by atoms with Crippen LogP contribution in [-0.2, 0) is 0 Å².